The van der Waals surface area contributed by atoms with Crippen LogP contribution in [-0.2, 0) is 0 Å². The topological polar surface area (TPSA) is 42.1 Å². The van der Waals surface area contributed by atoms with Crippen molar-refractivity contribution in [1.29, 1.82) is 0 Å². The summed E-state index contributed by atoms with van der Waals surface area (Å²) >= 11 is 1.85. The zero-order chi connectivity index (χ0) is 11.4. The fourth-order valence-corrected chi connectivity index (χ4v) is 2.03. The lowest BCUT2D eigenvalue weighted by Gasteiger charge is -2.25. The van der Waals surface area contributed by atoms with Crippen molar-refractivity contribution < 1.29 is 0 Å². The molecule has 4 heteroatoms. The van der Waals surface area contributed by atoms with Gasteiger partial charge in [-0.2, -0.15) is 11.8 Å². The smallest absolute Gasteiger partial charge is 0.128 e. The summed E-state index contributed by atoms with van der Waals surface area (Å²) in [7, 11) is 2.07. The highest BCUT2D eigenvalue weighted by Gasteiger charge is 2.10. The fraction of sp³-hybridized carbons (Fsp3) is 0.545. The average Bonchev–Trinajstić information content (AvgIpc) is 2.21. The van der Waals surface area contributed by atoms with E-state index in [1.54, 1.807) is 6.20 Å². The van der Waals surface area contributed by atoms with E-state index in [1.165, 1.54) is 0 Å². The Bertz CT molecular complexity index is 328. The van der Waals surface area contributed by atoms with Gasteiger partial charge in [0, 0.05) is 18.8 Å². The molecule has 84 valence electrons. The number of nitrogens with two attached hydrogens (primary N) is 1. The van der Waals surface area contributed by atoms with E-state index in [-0.39, 0.29) is 0 Å². The Morgan fingerprint density at radius 2 is 2.27 bits per heavy atom. The van der Waals surface area contributed by atoms with E-state index in [0.717, 1.165) is 22.8 Å². The average molecular weight is 225 g/mol. The Labute approximate surface area is 96.1 Å². The number of thioether (sulfide) groups is 1. The van der Waals surface area contributed by atoms with Crippen LogP contribution < -0.4 is 10.6 Å². The lowest BCUT2D eigenvalue weighted by molar-refractivity contribution is 0.753. The number of nitrogens with zero attached hydrogens (tertiary/aromatic N) is 2. The first kappa shape index (κ1) is 12.2. The van der Waals surface area contributed by atoms with Crippen LogP contribution in [0.25, 0.3) is 0 Å². The molecule has 0 saturated carbocycles. The van der Waals surface area contributed by atoms with Crippen molar-refractivity contribution in [3.8, 4) is 0 Å². The highest BCUT2D eigenvalue weighted by atomic mass is 32.2. The molecule has 2 N–H and O–H groups in total. The van der Waals surface area contributed by atoms with E-state index in [2.05, 4.69) is 30.1 Å². The number of hydrogen-bond donors (Lipinski definition) is 1. The maximum Gasteiger partial charge on any atom is 0.128 e. The van der Waals surface area contributed by atoms with Crippen LogP contribution >= 0.6 is 11.8 Å². The third-order valence-corrected chi connectivity index (χ3v) is 3.38. The van der Waals surface area contributed by atoms with Gasteiger partial charge in [-0.25, -0.2) is 4.98 Å². The van der Waals surface area contributed by atoms with Gasteiger partial charge in [-0.1, -0.05) is 0 Å². The third-order valence-electron chi connectivity index (χ3n) is 2.57. The van der Waals surface area contributed by atoms with Crippen LogP contribution in [0.5, 0.6) is 0 Å². The predicted octanol–water partition coefficient (Wildman–Crippen LogP) is 2.16. The largest absolute Gasteiger partial charge is 0.397 e. The Hall–Kier alpha value is -0.900. The minimum atomic E-state index is 0.482. The van der Waals surface area contributed by atoms with Gasteiger partial charge < -0.3 is 10.6 Å². The van der Waals surface area contributed by atoms with Crippen LogP contribution in [-0.4, -0.2) is 30.1 Å². The SMILES string of the molecule is CSCC(C)N(C)c1cc(C)c(N)cn1. The van der Waals surface area contributed by atoms with Crippen molar-refractivity contribution in [3.05, 3.63) is 17.8 Å². The van der Waals surface area contributed by atoms with Gasteiger partial charge in [-0.15, -0.1) is 0 Å². The van der Waals surface area contributed by atoms with Crippen molar-refractivity contribution in [2.75, 3.05) is 29.7 Å². The van der Waals surface area contributed by atoms with Crippen molar-refractivity contribution in [2.45, 2.75) is 19.9 Å². The molecule has 3 nitrogen and oxygen atoms in total. The Morgan fingerprint density at radius 1 is 1.60 bits per heavy atom. The minimum absolute atomic E-state index is 0.482. The molecule has 0 saturated heterocycles. The van der Waals surface area contributed by atoms with Gasteiger partial charge in [0.15, 0.2) is 0 Å². The maximum atomic E-state index is 5.74. The summed E-state index contributed by atoms with van der Waals surface area (Å²) in [6, 6.07) is 2.52. The number of pyridine rings is 1. The number of aromatic nitrogens is 1. The van der Waals surface area contributed by atoms with Gasteiger partial charge in [0.25, 0.3) is 0 Å². The second kappa shape index (κ2) is 5.26. The summed E-state index contributed by atoms with van der Waals surface area (Å²) in [6.45, 7) is 4.21. The molecule has 0 fully saturated rings. The van der Waals surface area contributed by atoms with Gasteiger partial charge in [0.2, 0.25) is 0 Å². The number of hydrogen-bond acceptors (Lipinski definition) is 4. The monoisotopic (exact) mass is 225 g/mol. The van der Waals surface area contributed by atoms with Crippen LogP contribution in [0, 0.1) is 6.92 Å². The molecule has 1 rings (SSSR count). The Morgan fingerprint density at radius 3 is 2.80 bits per heavy atom. The van der Waals surface area contributed by atoms with Gasteiger partial charge in [0.05, 0.1) is 11.9 Å². The van der Waals surface area contributed by atoms with E-state index < -0.39 is 0 Å². The molecular formula is C11H19N3S. The molecule has 0 aliphatic heterocycles. The van der Waals surface area contributed by atoms with Crippen LogP contribution in [0.15, 0.2) is 12.3 Å². The molecule has 1 aromatic rings. The number of aryl methyl sites for hydroxylation is 1. The number of rotatable bonds is 4. The first-order valence-corrected chi connectivity index (χ1v) is 6.39. The first-order chi connectivity index (χ1) is 7.06. The zero-order valence-electron chi connectivity index (χ0n) is 9.82. The molecule has 0 aliphatic carbocycles. The van der Waals surface area contributed by atoms with Crippen LogP contribution in [0.1, 0.15) is 12.5 Å². The van der Waals surface area contributed by atoms with E-state index in [9.17, 15) is 0 Å². The highest BCUT2D eigenvalue weighted by Crippen LogP contribution is 2.18. The molecule has 0 aliphatic rings. The van der Waals surface area contributed by atoms with E-state index >= 15 is 0 Å². The molecule has 0 radical (unpaired) electrons. The first-order valence-electron chi connectivity index (χ1n) is 5.00. The van der Waals surface area contributed by atoms with Crippen molar-refractivity contribution in [1.82, 2.24) is 4.98 Å². The second-order valence-electron chi connectivity index (χ2n) is 3.81. The summed E-state index contributed by atoms with van der Waals surface area (Å²) in [5, 5.41) is 0. The van der Waals surface area contributed by atoms with Crippen molar-refractivity contribution in [3.63, 3.8) is 0 Å². The molecule has 1 unspecified atom stereocenters. The zero-order valence-corrected chi connectivity index (χ0v) is 10.6. The lowest BCUT2D eigenvalue weighted by atomic mass is 10.2. The van der Waals surface area contributed by atoms with Crippen LogP contribution in [0.3, 0.4) is 0 Å². The van der Waals surface area contributed by atoms with Crippen LogP contribution in [0.4, 0.5) is 11.5 Å². The Balaban J connectivity index is 2.81. The van der Waals surface area contributed by atoms with E-state index in [0.29, 0.717) is 6.04 Å². The molecular weight excluding hydrogens is 206 g/mol. The quantitative estimate of drug-likeness (QED) is 0.852. The van der Waals surface area contributed by atoms with Gasteiger partial charge >= 0.3 is 0 Å². The minimum Gasteiger partial charge on any atom is -0.397 e. The molecule has 1 atom stereocenters. The normalized spacial score (nSPS) is 12.5. The summed E-state index contributed by atoms with van der Waals surface area (Å²) in [5.74, 6) is 2.09. The highest BCUT2D eigenvalue weighted by molar-refractivity contribution is 7.98. The molecule has 0 amide bonds. The molecule has 0 bridgehead atoms. The van der Waals surface area contributed by atoms with Crippen molar-refractivity contribution in [2.24, 2.45) is 0 Å². The fourth-order valence-electron chi connectivity index (χ4n) is 1.32. The second-order valence-corrected chi connectivity index (χ2v) is 4.73. The van der Waals surface area contributed by atoms with Gasteiger partial charge in [-0.05, 0) is 31.7 Å². The summed E-state index contributed by atoms with van der Waals surface area (Å²) in [6.07, 6.45) is 3.85. The molecule has 0 spiro atoms. The van der Waals surface area contributed by atoms with Crippen molar-refractivity contribution >= 4 is 23.3 Å². The molecule has 1 heterocycles. The summed E-state index contributed by atoms with van der Waals surface area (Å²) in [5.41, 5.74) is 7.58. The third kappa shape index (κ3) is 3.02. The van der Waals surface area contributed by atoms with E-state index in [1.807, 2.05) is 24.8 Å². The molecule has 0 aromatic carbocycles. The number of anilines is 2. The molecule has 1 aromatic heterocycles. The molecule has 15 heavy (non-hydrogen) atoms. The van der Waals surface area contributed by atoms with Gasteiger partial charge in [-0.3, -0.25) is 0 Å². The maximum absolute atomic E-state index is 5.74. The summed E-state index contributed by atoms with van der Waals surface area (Å²) < 4.78 is 0. The predicted molar refractivity (Wildman–Crippen MR) is 69.6 cm³/mol. The van der Waals surface area contributed by atoms with E-state index in [4.69, 9.17) is 5.73 Å². The summed E-state index contributed by atoms with van der Waals surface area (Å²) in [4.78, 5) is 6.52. The lowest BCUT2D eigenvalue weighted by Crippen LogP contribution is -2.31. The standard InChI is InChI=1S/C11H19N3S/c1-8-5-11(13-6-10(8)12)14(3)9(2)7-15-4/h5-6,9H,7,12H2,1-4H3. The Kier molecular flexibility index (Phi) is 4.27. The number of nitrogen functional groups attached to an aromatic ring is 1. The van der Waals surface area contributed by atoms with Gasteiger partial charge in [0.1, 0.15) is 5.82 Å². The van der Waals surface area contributed by atoms with Crippen LogP contribution in [0.2, 0.25) is 0 Å².